The quantitative estimate of drug-likeness (QED) is 0.840. The van der Waals surface area contributed by atoms with E-state index in [0.717, 1.165) is 24.6 Å². The van der Waals surface area contributed by atoms with Crippen molar-refractivity contribution in [1.82, 2.24) is 15.0 Å². The first-order valence-corrected chi connectivity index (χ1v) is 10.2. The van der Waals surface area contributed by atoms with Gasteiger partial charge >= 0.3 is 0 Å². The Morgan fingerprint density at radius 2 is 2.04 bits per heavy atom. The smallest absolute Gasteiger partial charge is 0.209 e. The van der Waals surface area contributed by atoms with Gasteiger partial charge in [-0.3, -0.25) is 0 Å². The van der Waals surface area contributed by atoms with E-state index >= 15 is 0 Å². The summed E-state index contributed by atoms with van der Waals surface area (Å²) in [6.45, 7) is 0.726. The number of aromatic nitrogens is 1. The van der Waals surface area contributed by atoms with E-state index in [0.29, 0.717) is 23.4 Å². The molecule has 3 rings (SSSR count). The maximum Gasteiger partial charge on any atom is 0.209 e. The molecule has 2 N–H and O–H groups in total. The highest BCUT2D eigenvalue weighted by Crippen LogP contribution is 2.26. The van der Waals surface area contributed by atoms with Crippen molar-refractivity contribution in [3.05, 3.63) is 40.9 Å². The predicted octanol–water partition coefficient (Wildman–Crippen LogP) is 1.91. The molecule has 2 atom stereocenters. The molecule has 2 unspecified atom stereocenters. The van der Waals surface area contributed by atoms with Crippen LogP contribution in [0, 0.1) is 11.6 Å². The third kappa shape index (κ3) is 4.35. The number of hydrogen-bond acceptors (Lipinski definition) is 5. The predicted molar refractivity (Wildman–Crippen MR) is 89.3 cm³/mol. The Balaban J connectivity index is 1.74. The number of nitrogens with zero attached hydrogens (tertiary/aromatic N) is 1. The number of rotatable bonds is 5. The van der Waals surface area contributed by atoms with Crippen molar-refractivity contribution in [2.24, 2.45) is 0 Å². The second-order valence-corrected chi connectivity index (χ2v) is 8.49. The minimum absolute atomic E-state index is 0.0566. The van der Waals surface area contributed by atoms with Gasteiger partial charge in [0.25, 0.3) is 0 Å². The van der Waals surface area contributed by atoms with Crippen molar-refractivity contribution >= 4 is 21.4 Å². The van der Waals surface area contributed by atoms with Gasteiger partial charge in [-0.1, -0.05) is 0 Å². The Hall–Kier alpha value is -1.42. The summed E-state index contributed by atoms with van der Waals surface area (Å²) in [5.74, 6) is -1.28. The van der Waals surface area contributed by atoms with E-state index in [1.54, 1.807) is 0 Å². The lowest BCUT2D eigenvalue weighted by Gasteiger charge is -2.18. The van der Waals surface area contributed by atoms with Crippen molar-refractivity contribution < 1.29 is 17.2 Å². The van der Waals surface area contributed by atoms with E-state index in [4.69, 9.17) is 0 Å². The van der Waals surface area contributed by atoms with Gasteiger partial charge in [0.2, 0.25) is 10.0 Å². The Bertz CT molecular complexity index is 819. The summed E-state index contributed by atoms with van der Waals surface area (Å²) >= 11 is 1.31. The van der Waals surface area contributed by atoms with Crippen LogP contribution in [-0.2, 0) is 16.4 Å². The monoisotopic (exact) mass is 373 g/mol. The molecule has 1 aromatic carbocycles. The molecule has 5 nitrogen and oxygen atoms in total. The summed E-state index contributed by atoms with van der Waals surface area (Å²) in [5, 5.41) is 5.63. The van der Waals surface area contributed by atoms with Crippen LogP contribution < -0.4 is 10.0 Å². The number of thiazole rings is 1. The lowest BCUT2D eigenvalue weighted by Crippen LogP contribution is -2.44. The van der Waals surface area contributed by atoms with Crippen molar-refractivity contribution in [2.45, 2.75) is 24.9 Å². The van der Waals surface area contributed by atoms with Crippen LogP contribution in [0.4, 0.5) is 8.78 Å². The van der Waals surface area contributed by atoms with Crippen molar-refractivity contribution in [2.75, 3.05) is 12.8 Å². The molecule has 1 fully saturated rings. The summed E-state index contributed by atoms with van der Waals surface area (Å²) in [6.07, 6.45) is 2.40. The number of halogens is 2. The average Bonchev–Trinajstić information content (AvgIpc) is 3.07. The largest absolute Gasteiger partial charge is 0.312 e. The summed E-state index contributed by atoms with van der Waals surface area (Å²) in [5.41, 5.74) is 1.16. The van der Waals surface area contributed by atoms with Crippen LogP contribution in [0.15, 0.2) is 23.6 Å². The third-order valence-electron chi connectivity index (χ3n) is 3.80. The maximum atomic E-state index is 13.3. The molecule has 1 aliphatic rings. The van der Waals surface area contributed by atoms with E-state index in [2.05, 4.69) is 15.0 Å². The molecule has 0 amide bonds. The van der Waals surface area contributed by atoms with Crippen LogP contribution >= 0.6 is 11.3 Å². The zero-order chi connectivity index (χ0) is 17.3. The molecule has 24 heavy (non-hydrogen) atoms. The SMILES string of the molecule is CS(=O)(=O)NC1CCNC1Cc1csc(-c2cc(F)cc(F)c2)n1. The highest BCUT2D eigenvalue weighted by Gasteiger charge is 2.29. The normalized spacial score (nSPS) is 21.3. The molecular weight excluding hydrogens is 356 g/mol. The summed E-state index contributed by atoms with van der Waals surface area (Å²) in [7, 11) is -3.27. The van der Waals surface area contributed by atoms with Gasteiger partial charge < -0.3 is 5.32 Å². The van der Waals surface area contributed by atoms with Crippen LogP contribution in [0.1, 0.15) is 12.1 Å². The molecule has 0 saturated carbocycles. The van der Waals surface area contributed by atoms with Gasteiger partial charge in [-0.15, -0.1) is 11.3 Å². The fourth-order valence-electron chi connectivity index (χ4n) is 2.83. The molecule has 1 aliphatic heterocycles. The highest BCUT2D eigenvalue weighted by atomic mass is 32.2. The van der Waals surface area contributed by atoms with Crippen LogP contribution in [0.25, 0.3) is 10.6 Å². The van der Waals surface area contributed by atoms with Crippen LogP contribution in [-0.4, -0.2) is 38.3 Å². The minimum Gasteiger partial charge on any atom is -0.312 e. The maximum absolute atomic E-state index is 13.3. The second-order valence-electron chi connectivity index (χ2n) is 5.85. The van der Waals surface area contributed by atoms with E-state index < -0.39 is 21.7 Å². The molecular formula is C15H17F2N3O2S2. The van der Waals surface area contributed by atoms with Crippen LogP contribution in [0.3, 0.4) is 0 Å². The van der Waals surface area contributed by atoms with Gasteiger partial charge in [0.1, 0.15) is 16.6 Å². The van der Waals surface area contributed by atoms with Crippen LogP contribution in [0.2, 0.25) is 0 Å². The first-order valence-electron chi connectivity index (χ1n) is 7.42. The lowest BCUT2D eigenvalue weighted by molar-refractivity contribution is 0.491. The second kappa shape index (κ2) is 6.83. The minimum atomic E-state index is -3.27. The van der Waals surface area contributed by atoms with Crippen LogP contribution in [0.5, 0.6) is 0 Å². The van der Waals surface area contributed by atoms with E-state index in [1.807, 2.05) is 5.38 Å². The first kappa shape index (κ1) is 17.4. The number of hydrogen-bond donors (Lipinski definition) is 2. The Kier molecular flexibility index (Phi) is 4.95. The Labute approximate surface area is 143 Å². The highest BCUT2D eigenvalue weighted by molar-refractivity contribution is 7.88. The molecule has 0 aliphatic carbocycles. The zero-order valence-corrected chi connectivity index (χ0v) is 14.6. The Morgan fingerprint density at radius 3 is 2.71 bits per heavy atom. The van der Waals surface area contributed by atoms with E-state index in [1.165, 1.54) is 23.5 Å². The zero-order valence-electron chi connectivity index (χ0n) is 12.9. The fourth-order valence-corrected chi connectivity index (χ4v) is 4.49. The van der Waals surface area contributed by atoms with E-state index in [-0.39, 0.29) is 12.1 Å². The van der Waals surface area contributed by atoms with Gasteiger partial charge in [-0.2, -0.15) is 0 Å². The number of sulfonamides is 1. The van der Waals surface area contributed by atoms with Gasteiger partial charge in [-0.05, 0) is 25.1 Å². The third-order valence-corrected chi connectivity index (χ3v) is 5.47. The molecule has 130 valence electrons. The van der Waals surface area contributed by atoms with Gasteiger partial charge in [0.15, 0.2) is 0 Å². The van der Waals surface area contributed by atoms with Crippen molar-refractivity contribution in [3.63, 3.8) is 0 Å². The molecule has 0 bridgehead atoms. The molecule has 0 spiro atoms. The molecule has 2 aromatic rings. The van der Waals surface area contributed by atoms with E-state index in [9.17, 15) is 17.2 Å². The molecule has 2 heterocycles. The van der Waals surface area contributed by atoms with Gasteiger partial charge in [0, 0.05) is 35.5 Å². The summed E-state index contributed by atoms with van der Waals surface area (Å²) in [4.78, 5) is 4.43. The van der Waals surface area contributed by atoms with Gasteiger partial charge in [0.05, 0.1) is 11.9 Å². The molecule has 9 heteroatoms. The fraction of sp³-hybridized carbons (Fsp3) is 0.400. The number of benzene rings is 1. The average molecular weight is 373 g/mol. The molecule has 1 saturated heterocycles. The molecule has 0 radical (unpaired) electrons. The molecule has 1 aromatic heterocycles. The summed E-state index contributed by atoms with van der Waals surface area (Å²) < 4.78 is 52.1. The topological polar surface area (TPSA) is 71.1 Å². The van der Waals surface area contributed by atoms with Crippen molar-refractivity contribution in [3.8, 4) is 10.6 Å². The first-order chi connectivity index (χ1) is 11.3. The summed E-state index contributed by atoms with van der Waals surface area (Å²) in [6, 6.07) is 3.07. The standard InChI is InChI=1S/C15H17F2N3O2S2/c1-24(21,22)20-13-2-3-18-14(13)7-12-8-23-15(19-12)9-4-10(16)6-11(17)5-9/h4-6,8,13-14,18,20H,2-3,7H2,1H3. The number of nitrogens with one attached hydrogen (secondary N) is 2. The lowest BCUT2D eigenvalue weighted by atomic mass is 10.1. The van der Waals surface area contributed by atoms with Crippen molar-refractivity contribution in [1.29, 1.82) is 0 Å². The van der Waals surface area contributed by atoms with Gasteiger partial charge in [-0.25, -0.2) is 26.9 Å². The Morgan fingerprint density at radius 1 is 1.33 bits per heavy atom.